The van der Waals surface area contributed by atoms with Crippen LogP contribution in [-0.2, 0) is 0 Å². The van der Waals surface area contributed by atoms with Gasteiger partial charge in [-0.15, -0.1) is 0 Å². The average molecular weight is 441 g/mol. The third kappa shape index (κ3) is 2.51. The summed E-state index contributed by atoms with van der Waals surface area (Å²) in [7, 11) is 0. The van der Waals surface area contributed by atoms with Gasteiger partial charge in [-0.25, -0.2) is 0 Å². The van der Waals surface area contributed by atoms with Gasteiger partial charge in [0.15, 0.2) is 0 Å². The van der Waals surface area contributed by atoms with E-state index in [9.17, 15) is 5.11 Å². The summed E-state index contributed by atoms with van der Waals surface area (Å²) < 4.78 is 0. The van der Waals surface area contributed by atoms with Gasteiger partial charge < -0.3 is 5.11 Å². The maximum Gasteiger partial charge on any atom is 0.0594 e. The van der Waals surface area contributed by atoms with Gasteiger partial charge in [0.2, 0.25) is 0 Å². The first-order valence-electron chi connectivity index (χ1n) is 14.0. The van der Waals surface area contributed by atoms with Crippen LogP contribution >= 0.6 is 0 Å². The summed E-state index contributed by atoms with van der Waals surface area (Å²) in [6, 6.07) is 0. The lowest BCUT2D eigenvalue weighted by Crippen LogP contribution is -2.69. The van der Waals surface area contributed by atoms with Crippen molar-refractivity contribution in [1.29, 1.82) is 0 Å². The zero-order chi connectivity index (χ0) is 23.5. The second kappa shape index (κ2) is 6.67. The Labute approximate surface area is 199 Å². The van der Waals surface area contributed by atoms with Crippen LogP contribution in [0.25, 0.3) is 0 Å². The molecule has 5 rings (SSSR count). The van der Waals surface area contributed by atoms with Crippen molar-refractivity contribution in [2.24, 2.45) is 56.2 Å². The molecule has 0 bridgehead atoms. The smallest absolute Gasteiger partial charge is 0.0594 e. The lowest BCUT2D eigenvalue weighted by molar-refractivity contribution is -0.275. The molecular formula is C31H52O. The quantitative estimate of drug-likeness (QED) is 0.406. The van der Waals surface area contributed by atoms with E-state index in [-0.39, 0.29) is 11.5 Å². The van der Waals surface area contributed by atoms with E-state index in [0.29, 0.717) is 33.0 Å². The third-order valence-electron chi connectivity index (χ3n) is 14.2. The summed E-state index contributed by atoms with van der Waals surface area (Å²) in [5.41, 5.74) is 3.63. The Balaban J connectivity index is 1.59. The van der Waals surface area contributed by atoms with Gasteiger partial charge in [-0.3, -0.25) is 0 Å². The van der Waals surface area contributed by atoms with Crippen molar-refractivity contribution < 1.29 is 5.11 Å². The van der Waals surface area contributed by atoms with Gasteiger partial charge in [-0.1, -0.05) is 60.6 Å². The van der Waals surface area contributed by atoms with Crippen molar-refractivity contribution in [3.8, 4) is 0 Å². The van der Waals surface area contributed by atoms with Gasteiger partial charge in [0.05, 0.1) is 6.10 Å². The SMILES string of the molecule is C=C(C)[C@H]1CC[C@]2(C)CC[C@]3(C)[C@](C)(CC[C@H]4[C@@]5(C)CC[C@H](O)C(C)(C)[C@@H]5CC[C@]43C)[C@H]12. The van der Waals surface area contributed by atoms with Crippen LogP contribution in [0.4, 0.5) is 0 Å². The summed E-state index contributed by atoms with van der Waals surface area (Å²) in [4.78, 5) is 0. The van der Waals surface area contributed by atoms with Gasteiger partial charge >= 0.3 is 0 Å². The molecule has 5 aliphatic carbocycles. The molecule has 0 radical (unpaired) electrons. The highest BCUT2D eigenvalue weighted by atomic mass is 16.3. The first kappa shape index (κ1) is 23.4. The van der Waals surface area contributed by atoms with Gasteiger partial charge in [-0.05, 0) is 127 Å². The third-order valence-corrected chi connectivity index (χ3v) is 14.2. The molecule has 0 aromatic carbocycles. The predicted octanol–water partition coefficient (Wildman–Crippen LogP) is 8.41. The fourth-order valence-electron chi connectivity index (χ4n) is 12.1. The van der Waals surface area contributed by atoms with Crippen molar-refractivity contribution in [1.82, 2.24) is 0 Å². The van der Waals surface area contributed by atoms with E-state index >= 15 is 0 Å². The Morgan fingerprint density at radius 1 is 0.719 bits per heavy atom. The molecule has 5 fully saturated rings. The topological polar surface area (TPSA) is 20.2 Å². The predicted molar refractivity (Wildman–Crippen MR) is 135 cm³/mol. The van der Waals surface area contributed by atoms with E-state index in [1.165, 1.54) is 63.4 Å². The number of hydrogen-bond donors (Lipinski definition) is 1. The van der Waals surface area contributed by atoms with Crippen LogP contribution in [0.5, 0.6) is 0 Å². The van der Waals surface area contributed by atoms with Gasteiger partial charge in [0.1, 0.15) is 0 Å². The molecule has 0 aliphatic heterocycles. The van der Waals surface area contributed by atoms with E-state index < -0.39 is 0 Å². The van der Waals surface area contributed by atoms with Crippen molar-refractivity contribution in [3.05, 3.63) is 12.2 Å². The zero-order valence-corrected chi connectivity index (χ0v) is 22.6. The molecule has 0 saturated heterocycles. The highest BCUT2D eigenvalue weighted by Gasteiger charge is 2.73. The number of fused-ring (bicyclic) bond motifs is 7. The van der Waals surface area contributed by atoms with Crippen LogP contribution < -0.4 is 0 Å². The molecule has 5 saturated carbocycles. The second-order valence-electron chi connectivity index (χ2n) is 15.4. The summed E-state index contributed by atoms with van der Waals surface area (Å²) >= 11 is 0. The van der Waals surface area contributed by atoms with Gasteiger partial charge in [-0.2, -0.15) is 0 Å². The van der Waals surface area contributed by atoms with Crippen molar-refractivity contribution >= 4 is 0 Å². The molecule has 32 heavy (non-hydrogen) atoms. The van der Waals surface area contributed by atoms with Crippen LogP contribution in [-0.4, -0.2) is 11.2 Å². The minimum atomic E-state index is -0.125. The molecule has 182 valence electrons. The number of hydrogen-bond acceptors (Lipinski definition) is 1. The lowest BCUT2D eigenvalue weighted by Gasteiger charge is -2.76. The van der Waals surface area contributed by atoms with E-state index in [1.807, 2.05) is 0 Å². The molecule has 1 heteroatoms. The number of aliphatic hydroxyl groups is 1. The molecule has 0 amide bonds. The van der Waals surface area contributed by atoms with Crippen molar-refractivity contribution in [3.63, 3.8) is 0 Å². The van der Waals surface area contributed by atoms with Crippen LogP contribution in [0.1, 0.15) is 120 Å². The maximum atomic E-state index is 10.9. The Morgan fingerprint density at radius 3 is 2.00 bits per heavy atom. The first-order valence-corrected chi connectivity index (χ1v) is 14.0. The molecule has 0 unspecified atom stereocenters. The molecule has 10 atom stereocenters. The van der Waals surface area contributed by atoms with Crippen LogP contribution in [0.2, 0.25) is 0 Å². The minimum absolute atomic E-state index is 0.0532. The fourth-order valence-corrected chi connectivity index (χ4v) is 12.1. The lowest BCUT2D eigenvalue weighted by atomic mass is 9.29. The Hall–Kier alpha value is -0.300. The Kier molecular flexibility index (Phi) is 4.89. The Bertz CT molecular complexity index is 811. The summed E-state index contributed by atoms with van der Waals surface area (Å²) in [5.74, 6) is 2.99. The summed E-state index contributed by atoms with van der Waals surface area (Å²) in [5, 5.41) is 10.9. The maximum absolute atomic E-state index is 10.9. The van der Waals surface area contributed by atoms with Crippen molar-refractivity contribution in [2.45, 2.75) is 126 Å². The van der Waals surface area contributed by atoms with Gasteiger partial charge in [0, 0.05) is 0 Å². The van der Waals surface area contributed by atoms with Crippen LogP contribution in [0.15, 0.2) is 12.2 Å². The molecule has 5 aliphatic rings. The van der Waals surface area contributed by atoms with E-state index in [0.717, 1.165) is 24.2 Å². The summed E-state index contributed by atoms with van der Waals surface area (Å²) in [6.07, 6.45) is 13.2. The highest BCUT2D eigenvalue weighted by molar-refractivity contribution is 5.24. The fraction of sp³-hybridized carbons (Fsp3) is 0.935. The molecular weight excluding hydrogens is 388 g/mol. The van der Waals surface area contributed by atoms with Crippen LogP contribution in [0, 0.1) is 56.2 Å². The molecule has 0 aromatic heterocycles. The molecule has 1 nitrogen and oxygen atoms in total. The number of aliphatic hydroxyl groups excluding tert-OH is 1. The number of rotatable bonds is 1. The normalized spacial score (nSPS) is 58.8. The summed E-state index contributed by atoms with van der Waals surface area (Å²) in [6.45, 7) is 25.1. The van der Waals surface area contributed by atoms with Gasteiger partial charge in [0.25, 0.3) is 0 Å². The molecule has 0 spiro atoms. The highest BCUT2D eigenvalue weighted by Crippen LogP contribution is 2.81. The standard InChI is InChI=1S/C31H52O/c1-20(2)21-10-14-27(5)18-19-31(9)29(7)16-11-22-26(3,4)24(32)13-15-28(22,6)23(29)12-17-30(31,8)25(21)27/h21-25,32H,1,10-19H2,2-9H3/t21-,22+,23+,24+,25-,27-,28+,29-,30-,31+/m1/s1. The van der Waals surface area contributed by atoms with Crippen molar-refractivity contribution in [2.75, 3.05) is 0 Å². The van der Waals surface area contributed by atoms with Crippen LogP contribution in [0.3, 0.4) is 0 Å². The molecule has 1 N–H and O–H groups in total. The molecule has 0 heterocycles. The number of allylic oxidation sites excluding steroid dienone is 1. The second-order valence-corrected chi connectivity index (χ2v) is 15.4. The average Bonchev–Trinajstić information content (AvgIpc) is 3.06. The Morgan fingerprint density at radius 2 is 1.34 bits per heavy atom. The monoisotopic (exact) mass is 440 g/mol. The molecule has 0 aromatic rings. The largest absolute Gasteiger partial charge is 0.393 e. The minimum Gasteiger partial charge on any atom is -0.393 e. The van der Waals surface area contributed by atoms with E-state index in [1.54, 1.807) is 0 Å². The first-order chi connectivity index (χ1) is 14.7. The van der Waals surface area contributed by atoms with E-state index in [4.69, 9.17) is 0 Å². The zero-order valence-electron chi connectivity index (χ0n) is 22.6. The van der Waals surface area contributed by atoms with E-state index in [2.05, 4.69) is 62.0 Å².